The molecular weight excluding hydrogens is 647 g/mol. The van der Waals surface area contributed by atoms with E-state index in [0.717, 1.165) is 17.1 Å². The first-order chi connectivity index (χ1) is 25.8. The highest BCUT2D eigenvalue weighted by molar-refractivity contribution is 7.25. The Balaban J connectivity index is 1.22. The van der Waals surface area contributed by atoms with Crippen molar-refractivity contribution in [3.05, 3.63) is 200 Å². The van der Waals surface area contributed by atoms with E-state index in [1.54, 1.807) is 0 Å². The molecule has 1 aromatic heterocycles. The molecule has 0 atom stereocenters. The minimum Gasteiger partial charge on any atom is -0.310 e. The summed E-state index contributed by atoms with van der Waals surface area (Å²) in [5.74, 6) is 0. The first-order valence-corrected chi connectivity index (χ1v) is 18.6. The summed E-state index contributed by atoms with van der Waals surface area (Å²) in [4.78, 5) is 2.44. The highest BCUT2D eigenvalue weighted by atomic mass is 32.1. The van der Waals surface area contributed by atoms with Crippen molar-refractivity contribution in [1.82, 2.24) is 0 Å². The van der Waals surface area contributed by atoms with Crippen LogP contribution in [-0.4, -0.2) is 0 Å². The fraction of sp³-hybridized carbons (Fsp3) is 0. The summed E-state index contributed by atoms with van der Waals surface area (Å²) >= 11 is 1.86. The van der Waals surface area contributed by atoms with Gasteiger partial charge in [0.05, 0.1) is 0 Å². The molecule has 0 aliphatic heterocycles. The molecule has 10 rings (SSSR count). The minimum absolute atomic E-state index is 1.11. The molecule has 9 aromatic carbocycles. The van der Waals surface area contributed by atoms with Crippen LogP contribution in [0.4, 0.5) is 17.1 Å². The highest BCUT2D eigenvalue weighted by Crippen LogP contribution is 2.45. The average molecular weight is 680 g/mol. The van der Waals surface area contributed by atoms with Crippen LogP contribution in [0.15, 0.2) is 200 Å². The fourth-order valence-electron chi connectivity index (χ4n) is 7.69. The van der Waals surface area contributed by atoms with Gasteiger partial charge in [0.2, 0.25) is 0 Å². The van der Waals surface area contributed by atoms with Gasteiger partial charge in [0.15, 0.2) is 0 Å². The number of hydrogen-bond acceptors (Lipinski definition) is 2. The lowest BCUT2D eigenvalue weighted by molar-refractivity contribution is 1.30. The third-order valence-corrected chi connectivity index (χ3v) is 11.4. The van der Waals surface area contributed by atoms with E-state index in [2.05, 4.69) is 205 Å². The Kier molecular flexibility index (Phi) is 7.41. The summed E-state index contributed by atoms with van der Waals surface area (Å²) in [6.07, 6.45) is 0. The maximum absolute atomic E-state index is 2.44. The van der Waals surface area contributed by atoms with Gasteiger partial charge in [0.25, 0.3) is 0 Å². The molecule has 0 spiro atoms. The Morgan fingerprint density at radius 1 is 0.288 bits per heavy atom. The van der Waals surface area contributed by atoms with Crippen LogP contribution in [0.3, 0.4) is 0 Å². The molecule has 0 aliphatic rings. The minimum atomic E-state index is 1.11. The molecule has 0 radical (unpaired) electrons. The number of fused-ring (bicyclic) bond motifs is 6. The maximum Gasteiger partial charge on any atom is 0.0468 e. The number of rotatable bonds is 6. The largest absolute Gasteiger partial charge is 0.310 e. The Bertz CT molecular complexity index is 2890. The van der Waals surface area contributed by atoms with Crippen LogP contribution in [0.5, 0.6) is 0 Å². The van der Waals surface area contributed by atoms with Crippen LogP contribution >= 0.6 is 11.3 Å². The lowest BCUT2D eigenvalue weighted by Crippen LogP contribution is -2.10. The average Bonchev–Trinajstić information content (AvgIpc) is 3.59. The van der Waals surface area contributed by atoms with Gasteiger partial charge < -0.3 is 4.90 Å². The molecule has 2 heteroatoms. The third kappa shape index (κ3) is 5.33. The smallest absolute Gasteiger partial charge is 0.0468 e. The molecule has 10 aromatic rings. The van der Waals surface area contributed by atoms with Crippen molar-refractivity contribution in [2.75, 3.05) is 4.90 Å². The molecule has 0 N–H and O–H groups in total. The molecule has 1 heterocycles. The summed E-state index contributed by atoms with van der Waals surface area (Å²) < 4.78 is 2.59. The zero-order chi connectivity index (χ0) is 34.4. The second-order valence-corrected chi connectivity index (χ2v) is 14.4. The van der Waals surface area contributed by atoms with E-state index in [1.165, 1.54) is 75.1 Å². The van der Waals surface area contributed by atoms with Crippen molar-refractivity contribution >= 4 is 70.1 Å². The van der Waals surface area contributed by atoms with Gasteiger partial charge in [0, 0.05) is 37.2 Å². The summed E-state index contributed by atoms with van der Waals surface area (Å²) in [7, 11) is 0. The van der Waals surface area contributed by atoms with Gasteiger partial charge in [-0.2, -0.15) is 0 Å². The van der Waals surface area contributed by atoms with Crippen molar-refractivity contribution in [2.45, 2.75) is 0 Å². The Morgan fingerprint density at radius 3 is 1.52 bits per heavy atom. The zero-order valence-electron chi connectivity index (χ0n) is 28.4. The molecule has 0 saturated carbocycles. The van der Waals surface area contributed by atoms with Crippen LogP contribution < -0.4 is 4.90 Å². The van der Waals surface area contributed by atoms with Crippen LogP contribution in [0.2, 0.25) is 0 Å². The molecular formula is C50H33NS. The molecule has 0 aliphatic carbocycles. The summed E-state index contributed by atoms with van der Waals surface area (Å²) in [6.45, 7) is 0. The van der Waals surface area contributed by atoms with E-state index in [-0.39, 0.29) is 0 Å². The van der Waals surface area contributed by atoms with Gasteiger partial charge in [-0.05, 0) is 110 Å². The number of anilines is 3. The van der Waals surface area contributed by atoms with Gasteiger partial charge in [-0.3, -0.25) is 0 Å². The van der Waals surface area contributed by atoms with E-state index < -0.39 is 0 Å². The standard InChI is InChI=1S/C50H33NS/c1-4-12-34(13-5-1)39-23-28-49-47(30-39)48-33-42(26-29-50(48)52-49)51(40-24-22-38-21-20-37-18-10-11-19-43(37)46(38)31-40)41-25-27-44(35-14-6-2-7-15-35)45(32-41)36-16-8-3-9-17-36/h1-33H. The normalized spacial score (nSPS) is 11.5. The Hall–Kier alpha value is -6.48. The highest BCUT2D eigenvalue weighted by Gasteiger charge is 2.19. The summed E-state index contributed by atoms with van der Waals surface area (Å²) in [5, 5.41) is 7.56. The Labute approximate surface area is 307 Å². The van der Waals surface area contributed by atoms with Gasteiger partial charge in [0.1, 0.15) is 0 Å². The van der Waals surface area contributed by atoms with E-state index in [1.807, 2.05) is 11.3 Å². The molecule has 0 saturated heterocycles. The second-order valence-electron chi connectivity index (χ2n) is 13.3. The van der Waals surface area contributed by atoms with Crippen molar-refractivity contribution in [3.8, 4) is 33.4 Å². The van der Waals surface area contributed by atoms with Gasteiger partial charge in [-0.25, -0.2) is 0 Å². The zero-order valence-corrected chi connectivity index (χ0v) is 29.2. The second kappa shape index (κ2) is 12.7. The molecule has 1 nitrogen and oxygen atoms in total. The maximum atomic E-state index is 2.44. The van der Waals surface area contributed by atoms with E-state index in [4.69, 9.17) is 0 Å². The summed E-state index contributed by atoms with van der Waals surface area (Å²) in [6, 6.07) is 73.1. The fourth-order valence-corrected chi connectivity index (χ4v) is 8.76. The van der Waals surface area contributed by atoms with Crippen LogP contribution in [0, 0.1) is 0 Å². The summed E-state index contributed by atoms with van der Waals surface area (Å²) in [5.41, 5.74) is 10.7. The van der Waals surface area contributed by atoms with E-state index in [9.17, 15) is 0 Å². The number of benzene rings is 9. The predicted octanol–water partition coefficient (Wildman–Crippen LogP) is 14.8. The quantitative estimate of drug-likeness (QED) is 0.158. The molecule has 0 amide bonds. The molecule has 0 unspecified atom stereocenters. The lowest BCUT2D eigenvalue weighted by Gasteiger charge is -2.27. The first kappa shape index (κ1) is 30.4. The van der Waals surface area contributed by atoms with Crippen molar-refractivity contribution in [2.24, 2.45) is 0 Å². The van der Waals surface area contributed by atoms with Crippen molar-refractivity contribution < 1.29 is 0 Å². The lowest BCUT2D eigenvalue weighted by atomic mass is 9.93. The predicted molar refractivity (Wildman–Crippen MR) is 225 cm³/mol. The van der Waals surface area contributed by atoms with Gasteiger partial charge in [-0.15, -0.1) is 11.3 Å². The number of hydrogen-bond donors (Lipinski definition) is 0. The topological polar surface area (TPSA) is 3.24 Å². The first-order valence-electron chi connectivity index (χ1n) is 17.8. The van der Waals surface area contributed by atoms with Crippen molar-refractivity contribution in [1.29, 1.82) is 0 Å². The molecule has 0 bridgehead atoms. The van der Waals surface area contributed by atoms with Crippen LogP contribution in [0.1, 0.15) is 0 Å². The number of nitrogens with zero attached hydrogens (tertiary/aromatic N) is 1. The van der Waals surface area contributed by atoms with E-state index >= 15 is 0 Å². The molecule has 0 fully saturated rings. The SMILES string of the molecule is c1ccc(-c2ccc3sc4ccc(N(c5ccc(-c6ccccc6)c(-c6ccccc6)c5)c5ccc6ccc7ccccc7c6c5)cc4c3c2)cc1. The van der Waals surface area contributed by atoms with Crippen LogP contribution in [0.25, 0.3) is 75.1 Å². The Morgan fingerprint density at radius 2 is 0.788 bits per heavy atom. The number of thiophene rings is 1. The van der Waals surface area contributed by atoms with Crippen LogP contribution in [-0.2, 0) is 0 Å². The monoisotopic (exact) mass is 679 g/mol. The molecule has 244 valence electrons. The molecule has 52 heavy (non-hydrogen) atoms. The van der Waals surface area contributed by atoms with E-state index in [0.29, 0.717) is 0 Å². The van der Waals surface area contributed by atoms with Gasteiger partial charge in [-0.1, -0.05) is 146 Å². The third-order valence-electron chi connectivity index (χ3n) is 10.2. The van der Waals surface area contributed by atoms with Gasteiger partial charge >= 0.3 is 0 Å². The van der Waals surface area contributed by atoms with Crippen molar-refractivity contribution in [3.63, 3.8) is 0 Å².